The molecule has 0 aromatic heterocycles. The number of carbonyl (C=O) groups excluding carboxylic acids is 2. The Bertz CT molecular complexity index is 1480. The van der Waals surface area contributed by atoms with E-state index in [9.17, 15) is 14.7 Å². The highest BCUT2D eigenvalue weighted by Gasteiger charge is 2.15. The quantitative estimate of drug-likeness (QED) is 0.254. The summed E-state index contributed by atoms with van der Waals surface area (Å²) in [6, 6.07) is 22.5. The number of nitrogens with zero attached hydrogens (tertiary/aromatic N) is 1. The highest BCUT2D eigenvalue weighted by Crippen LogP contribution is 2.28. The molecule has 0 bridgehead atoms. The molecule has 0 heterocycles. The number of amides is 2. The normalized spacial score (nSPS) is 11.1. The summed E-state index contributed by atoms with van der Waals surface area (Å²) >= 11 is 0. The zero-order valence-corrected chi connectivity index (χ0v) is 20.0. The molecule has 4 rings (SSSR count). The van der Waals surface area contributed by atoms with Crippen molar-refractivity contribution in [1.82, 2.24) is 5.43 Å². The van der Waals surface area contributed by atoms with Crippen molar-refractivity contribution in [1.29, 1.82) is 0 Å². The van der Waals surface area contributed by atoms with Crippen LogP contribution in [0.4, 0.5) is 5.69 Å². The highest BCUT2D eigenvalue weighted by molar-refractivity contribution is 6.10. The zero-order valence-electron chi connectivity index (χ0n) is 20.0. The highest BCUT2D eigenvalue weighted by atomic mass is 16.5. The molecule has 0 saturated heterocycles. The lowest BCUT2D eigenvalue weighted by Crippen LogP contribution is -2.20. The van der Waals surface area contributed by atoms with Crippen molar-refractivity contribution in [2.24, 2.45) is 5.10 Å². The second-order valence-corrected chi connectivity index (χ2v) is 7.92. The molecular formula is C28H25N3O5. The van der Waals surface area contributed by atoms with E-state index in [1.165, 1.54) is 20.3 Å². The summed E-state index contributed by atoms with van der Waals surface area (Å²) < 4.78 is 10.5. The molecule has 2 amide bonds. The predicted octanol–water partition coefficient (Wildman–Crippen LogP) is 4.97. The number of phenolic OH excluding ortho intramolecular Hbond substituents is 1. The fourth-order valence-electron chi connectivity index (χ4n) is 3.76. The smallest absolute Gasteiger partial charge is 0.275 e. The molecular weight excluding hydrogens is 458 g/mol. The minimum Gasteiger partial charge on any atom is -0.507 e. The fraction of sp³-hybridized carbons (Fsp3) is 0.107. The van der Waals surface area contributed by atoms with E-state index in [-0.39, 0.29) is 17.2 Å². The Kier molecular flexibility index (Phi) is 7.15. The van der Waals surface area contributed by atoms with E-state index < -0.39 is 5.91 Å². The number of aromatic hydroxyl groups is 1. The molecule has 0 aliphatic carbocycles. The number of anilines is 1. The largest absolute Gasteiger partial charge is 0.507 e. The Hall–Kier alpha value is -4.85. The van der Waals surface area contributed by atoms with Gasteiger partial charge in [0.25, 0.3) is 11.8 Å². The van der Waals surface area contributed by atoms with E-state index in [1.54, 1.807) is 61.5 Å². The third-order valence-electron chi connectivity index (χ3n) is 5.64. The summed E-state index contributed by atoms with van der Waals surface area (Å²) in [6.45, 7) is 1.73. The molecule has 182 valence electrons. The molecule has 0 atom stereocenters. The first kappa shape index (κ1) is 24.3. The number of nitrogens with one attached hydrogen (secondary N) is 2. The van der Waals surface area contributed by atoms with Crippen molar-refractivity contribution in [3.63, 3.8) is 0 Å². The lowest BCUT2D eigenvalue weighted by Gasteiger charge is -2.11. The number of methoxy groups -OCH3 is 2. The van der Waals surface area contributed by atoms with Crippen LogP contribution in [0.15, 0.2) is 84.0 Å². The number of benzene rings is 4. The van der Waals surface area contributed by atoms with Crippen LogP contribution in [0.3, 0.4) is 0 Å². The second kappa shape index (κ2) is 10.6. The molecule has 0 radical (unpaired) electrons. The van der Waals surface area contributed by atoms with Gasteiger partial charge in [-0.15, -0.1) is 0 Å². The third kappa shape index (κ3) is 5.12. The van der Waals surface area contributed by atoms with Gasteiger partial charge in [0.2, 0.25) is 0 Å². The summed E-state index contributed by atoms with van der Waals surface area (Å²) in [6.07, 6.45) is 0. The van der Waals surface area contributed by atoms with Crippen molar-refractivity contribution >= 4 is 34.0 Å². The number of phenols is 1. The van der Waals surface area contributed by atoms with Crippen LogP contribution in [-0.4, -0.2) is 36.9 Å². The number of rotatable bonds is 7. The van der Waals surface area contributed by atoms with Crippen LogP contribution in [0.1, 0.15) is 33.2 Å². The zero-order chi connectivity index (χ0) is 25.7. The van der Waals surface area contributed by atoms with Crippen molar-refractivity contribution in [3.05, 3.63) is 95.6 Å². The van der Waals surface area contributed by atoms with Gasteiger partial charge >= 0.3 is 0 Å². The summed E-state index contributed by atoms with van der Waals surface area (Å²) in [4.78, 5) is 25.6. The molecule has 0 aliphatic heterocycles. The van der Waals surface area contributed by atoms with Crippen LogP contribution in [0.25, 0.3) is 10.8 Å². The maximum absolute atomic E-state index is 12.8. The first-order chi connectivity index (χ1) is 17.4. The number of hydrazone groups is 1. The van der Waals surface area contributed by atoms with E-state index in [1.807, 2.05) is 18.2 Å². The Morgan fingerprint density at radius 2 is 1.58 bits per heavy atom. The molecule has 0 spiro atoms. The summed E-state index contributed by atoms with van der Waals surface area (Å²) in [5, 5.41) is 18.8. The van der Waals surface area contributed by atoms with Gasteiger partial charge in [0.15, 0.2) is 11.5 Å². The van der Waals surface area contributed by atoms with Crippen LogP contribution >= 0.6 is 0 Å². The molecule has 0 fully saturated rings. The van der Waals surface area contributed by atoms with E-state index >= 15 is 0 Å². The Balaban J connectivity index is 1.50. The van der Waals surface area contributed by atoms with E-state index in [4.69, 9.17) is 9.47 Å². The summed E-state index contributed by atoms with van der Waals surface area (Å²) in [5.41, 5.74) is 4.85. The van der Waals surface area contributed by atoms with Gasteiger partial charge in [-0.25, -0.2) is 5.43 Å². The van der Waals surface area contributed by atoms with Crippen LogP contribution in [0.2, 0.25) is 0 Å². The average Bonchev–Trinajstić information content (AvgIpc) is 2.91. The number of hydrogen-bond donors (Lipinski definition) is 3. The SMILES string of the molecule is COc1ccc(C(=O)Nc2cccc(/C(C)=N\NC(=O)c3c(O)ccc4ccccc34)c2)cc1OC. The molecule has 0 unspecified atom stereocenters. The minimum atomic E-state index is -0.526. The van der Waals surface area contributed by atoms with Gasteiger partial charge in [0.1, 0.15) is 5.75 Å². The number of ether oxygens (including phenoxy) is 2. The van der Waals surface area contributed by atoms with Gasteiger partial charge in [-0.05, 0) is 59.7 Å². The van der Waals surface area contributed by atoms with Gasteiger partial charge in [0.05, 0.1) is 25.5 Å². The van der Waals surface area contributed by atoms with Crippen molar-refractivity contribution in [2.75, 3.05) is 19.5 Å². The van der Waals surface area contributed by atoms with Crippen LogP contribution in [0.5, 0.6) is 17.2 Å². The van der Waals surface area contributed by atoms with Gasteiger partial charge < -0.3 is 19.9 Å². The third-order valence-corrected chi connectivity index (χ3v) is 5.64. The lowest BCUT2D eigenvalue weighted by molar-refractivity contribution is 0.0953. The summed E-state index contributed by atoms with van der Waals surface area (Å²) in [5.74, 6) is 0.0134. The van der Waals surface area contributed by atoms with Crippen LogP contribution in [-0.2, 0) is 0 Å². The number of hydrogen-bond acceptors (Lipinski definition) is 6. The predicted molar refractivity (Wildman–Crippen MR) is 139 cm³/mol. The van der Waals surface area contributed by atoms with Crippen molar-refractivity contribution in [3.8, 4) is 17.2 Å². The monoisotopic (exact) mass is 483 g/mol. The molecule has 0 saturated carbocycles. The summed E-state index contributed by atoms with van der Waals surface area (Å²) in [7, 11) is 3.03. The molecule has 3 N–H and O–H groups in total. The number of fused-ring (bicyclic) bond motifs is 1. The van der Waals surface area contributed by atoms with Gasteiger partial charge in [-0.3, -0.25) is 9.59 Å². The van der Waals surface area contributed by atoms with Crippen molar-refractivity contribution in [2.45, 2.75) is 6.92 Å². The van der Waals surface area contributed by atoms with Crippen LogP contribution < -0.4 is 20.2 Å². The molecule has 4 aromatic rings. The Labute approximate surface area is 208 Å². The topological polar surface area (TPSA) is 109 Å². The fourth-order valence-corrected chi connectivity index (χ4v) is 3.76. The average molecular weight is 484 g/mol. The first-order valence-electron chi connectivity index (χ1n) is 11.1. The number of carbonyl (C=O) groups is 2. The van der Waals surface area contributed by atoms with E-state index in [0.717, 1.165) is 5.39 Å². The molecule has 0 aliphatic rings. The Morgan fingerprint density at radius 1 is 0.806 bits per heavy atom. The molecule has 4 aromatic carbocycles. The van der Waals surface area contributed by atoms with Crippen LogP contribution in [0, 0.1) is 0 Å². The van der Waals surface area contributed by atoms with Gasteiger partial charge in [0, 0.05) is 11.3 Å². The molecule has 8 nitrogen and oxygen atoms in total. The maximum atomic E-state index is 12.8. The van der Waals surface area contributed by atoms with Gasteiger partial charge in [-0.2, -0.15) is 5.10 Å². The molecule has 36 heavy (non-hydrogen) atoms. The van der Waals surface area contributed by atoms with Crippen molar-refractivity contribution < 1.29 is 24.2 Å². The first-order valence-corrected chi connectivity index (χ1v) is 11.1. The standard InChI is InChI=1S/C28H25N3O5/c1-17(30-31-28(34)26-22-10-5-4-7-18(22)11-13-23(26)32)19-8-6-9-21(15-19)29-27(33)20-12-14-24(35-2)25(16-20)36-3/h4-16,32H,1-3H3,(H,29,33)(H,31,34)/b30-17-. The van der Waals surface area contributed by atoms with Gasteiger partial charge in [-0.1, -0.05) is 42.5 Å². The lowest BCUT2D eigenvalue weighted by atomic mass is 10.0. The maximum Gasteiger partial charge on any atom is 0.275 e. The Morgan fingerprint density at radius 3 is 2.36 bits per heavy atom. The van der Waals surface area contributed by atoms with E-state index in [2.05, 4.69) is 15.8 Å². The second-order valence-electron chi connectivity index (χ2n) is 7.92. The molecule has 8 heteroatoms. The minimum absolute atomic E-state index is 0.126. The van der Waals surface area contributed by atoms with E-state index in [0.29, 0.717) is 39.4 Å².